The topological polar surface area (TPSA) is 73.8 Å². The Kier molecular flexibility index (Phi) is 10.2. The van der Waals surface area contributed by atoms with E-state index < -0.39 is 5.91 Å². The number of nitrogens with zero attached hydrogens (tertiary/aromatic N) is 2. The summed E-state index contributed by atoms with van der Waals surface area (Å²) < 4.78 is 0. The molecule has 6 heteroatoms. The van der Waals surface area contributed by atoms with Crippen molar-refractivity contribution in [2.75, 3.05) is 18.0 Å². The fourth-order valence-electron chi connectivity index (χ4n) is 4.49. The fourth-order valence-corrected chi connectivity index (χ4v) is 4.49. The predicted molar refractivity (Wildman–Crippen MR) is 169 cm³/mol. The van der Waals surface area contributed by atoms with Gasteiger partial charge in [0.2, 0.25) is 0 Å². The SMILES string of the molecule is CC/C(=N/NC(=O)/C(=C/c1ccc(N(CC)CC)cc1)NC(=O)c1ccccc1)c1ccc(-c2ccccc2)cc1. The van der Waals surface area contributed by atoms with E-state index in [1.165, 1.54) is 0 Å². The monoisotopic (exact) mass is 544 g/mol. The summed E-state index contributed by atoms with van der Waals surface area (Å²) in [5.74, 6) is -0.878. The van der Waals surface area contributed by atoms with E-state index >= 15 is 0 Å². The molecule has 4 aromatic rings. The minimum absolute atomic E-state index is 0.105. The van der Waals surface area contributed by atoms with Crippen LogP contribution in [-0.2, 0) is 4.79 Å². The summed E-state index contributed by atoms with van der Waals surface area (Å²) in [4.78, 5) is 28.6. The molecule has 0 aliphatic carbocycles. The molecule has 6 nitrogen and oxygen atoms in total. The van der Waals surface area contributed by atoms with Gasteiger partial charge in [0, 0.05) is 24.3 Å². The maximum atomic E-state index is 13.4. The third-order valence-electron chi connectivity index (χ3n) is 6.81. The molecule has 0 atom stereocenters. The number of hydrogen-bond acceptors (Lipinski definition) is 4. The van der Waals surface area contributed by atoms with Gasteiger partial charge < -0.3 is 10.2 Å². The van der Waals surface area contributed by atoms with Gasteiger partial charge in [-0.1, -0.05) is 91.9 Å². The number of carbonyl (C=O) groups is 2. The minimum atomic E-state index is -0.506. The molecule has 4 rings (SSSR count). The Hall–Kier alpha value is -4.97. The second-order valence-electron chi connectivity index (χ2n) is 9.44. The highest BCUT2D eigenvalue weighted by molar-refractivity contribution is 6.06. The first-order chi connectivity index (χ1) is 20.0. The Morgan fingerprint density at radius 2 is 1.29 bits per heavy atom. The molecule has 0 fully saturated rings. The quantitative estimate of drug-likeness (QED) is 0.123. The van der Waals surface area contributed by atoms with Crippen LogP contribution in [-0.4, -0.2) is 30.6 Å². The number of amides is 2. The highest BCUT2D eigenvalue weighted by atomic mass is 16.2. The average molecular weight is 545 g/mol. The Labute approximate surface area is 242 Å². The maximum Gasteiger partial charge on any atom is 0.287 e. The summed E-state index contributed by atoms with van der Waals surface area (Å²) in [6.07, 6.45) is 2.28. The predicted octanol–water partition coefficient (Wildman–Crippen LogP) is 6.90. The van der Waals surface area contributed by atoms with Crippen LogP contribution in [0, 0.1) is 0 Å². The van der Waals surface area contributed by atoms with Crippen LogP contribution >= 0.6 is 0 Å². The zero-order valence-corrected chi connectivity index (χ0v) is 23.8. The van der Waals surface area contributed by atoms with E-state index in [9.17, 15) is 9.59 Å². The first-order valence-electron chi connectivity index (χ1n) is 14.0. The van der Waals surface area contributed by atoms with Gasteiger partial charge in [-0.3, -0.25) is 9.59 Å². The van der Waals surface area contributed by atoms with E-state index in [4.69, 9.17) is 0 Å². The smallest absolute Gasteiger partial charge is 0.287 e. The molecule has 0 saturated carbocycles. The van der Waals surface area contributed by atoms with Crippen molar-refractivity contribution in [2.45, 2.75) is 27.2 Å². The normalized spacial score (nSPS) is 11.6. The van der Waals surface area contributed by atoms with Gasteiger partial charge in [0.25, 0.3) is 11.8 Å². The van der Waals surface area contributed by atoms with Gasteiger partial charge in [-0.05, 0) is 72.9 Å². The largest absolute Gasteiger partial charge is 0.372 e. The van der Waals surface area contributed by atoms with Crippen molar-refractivity contribution in [3.8, 4) is 11.1 Å². The lowest BCUT2D eigenvalue weighted by molar-refractivity contribution is -0.117. The summed E-state index contributed by atoms with van der Waals surface area (Å²) in [5, 5.41) is 7.21. The molecule has 0 spiro atoms. The van der Waals surface area contributed by atoms with Crippen LogP contribution in [0.15, 0.2) is 120 Å². The van der Waals surface area contributed by atoms with Gasteiger partial charge >= 0.3 is 0 Å². The number of hydrazone groups is 1. The number of nitrogens with one attached hydrogen (secondary N) is 2. The molecule has 208 valence electrons. The molecule has 0 unspecified atom stereocenters. The zero-order chi connectivity index (χ0) is 29.0. The van der Waals surface area contributed by atoms with Gasteiger partial charge in [-0.15, -0.1) is 0 Å². The summed E-state index contributed by atoms with van der Waals surface area (Å²) in [6, 6.07) is 35.0. The number of rotatable bonds is 11. The van der Waals surface area contributed by atoms with E-state index in [0.29, 0.717) is 12.0 Å². The zero-order valence-electron chi connectivity index (χ0n) is 23.8. The summed E-state index contributed by atoms with van der Waals surface area (Å²) in [5.41, 5.74) is 9.00. The second-order valence-corrected chi connectivity index (χ2v) is 9.44. The van der Waals surface area contributed by atoms with Crippen LogP contribution in [0.4, 0.5) is 5.69 Å². The van der Waals surface area contributed by atoms with Crippen molar-refractivity contribution in [2.24, 2.45) is 5.10 Å². The van der Waals surface area contributed by atoms with E-state index in [1.54, 1.807) is 30.3 Å². The Morgan fingerprint density at radius 1 is 0.707 bits per heavy atom. The lowest BCUT2D eigenvalue weighted by Crippen LogP contribution is -2.33. The van der Waals surface area contributed by atoms with E-state index in [1.807, 2.05) is 79.7 Å². The summed E-state index contributed by atoms with van der Waals surface area (Å²) in [7, 11) is 0. The molecule has 0 aliphatic rings. The van der Waals surface area contributed by atoms with Gasteiger partial charge in [-0.2, -0.15) is 5.10 Å². The average Bonchev–Trinajstić information content (AvgIpc) is 3.03. The molecule has 2 N–H and O–H groups in total. The molecular weight excluding hydrogens is 508 g/mol. The van der Waals surface area contributed by atoms with Crippen LogP contribution < -0.4 is 15.6 Å². The molecule has 0 aliphatic heterocycles. The van der Waals surface area contributed by atoms with Gasteiger partial charge in [0.1, 0.15) is 5.70 Å². The van der Waals surface area contributed by atoms with Crippen LogP contribution in [0.3, 0.4) is 0 Å². The van der Waals surface area contributed by atoms with Gasteiger partial charge in [0.05, 0.1) is 5.71 Å². The Morgan fingerprint density at radius 3 is 1.88 bits per heavy atom. The number of hydrogen-bond donors (Lipinski definition) is 2. The summed E-state index contributed by atoms with van der Waals surface area (Å²) >= 11 is 0. The van der Waals surface area contributed by atoms with Crippen LogP contribution in [0.25, 0.3) is 17.2 Å². The van der Waals surface area contributed by atoms with Gasteiger partial charge in [-0.25, -0.2) is 5.43 Å². The van der Waals surface area contributed by atoms with E-state index in [-0.39, 0.29) is 11.6 Å². The standard InChI is InChI=1S/C35H36N4O2/c1-4-32(29-21-19-28(20-22-29)27-13-9-7-10-14-27)37-38-35(41)33(36-34(40)30-15-11-8-12-16-30)25-26-17-23-31(24-18-26)39(5-2)6-3/h7-25H,4-6H2,1-3H3,(H,36,40)(H,38,41)/b33-25-,37-32-. The van der Waals surface area contributed by atoms with Crippen molar-refractivity contribution in [3.05, 3.63) is 132 Å². The Balaban J connectivity index is 1.57. The Bertz CT molecular complexity index is 1490. The molecule has 0 aromatic heterocycles. The molecule has 0 heterocycles. The first-order valence-corrected chi connectivity index (χ1v) is 14.0. The highest BCUT2D eigenvalue weighted by Crippen LogP contribution is 2.20. The van der Waals surface area contributed by atoms with E-state index in [0.717, 1.165) is 46.7 Å². The van der Waals surface area contributed by atoms with Gasteiger partial charge in [0.15, 0.2) is 0 Å². The lowest BCUT2D eigenvalue weighted by Gasteiger charge is -2.21. The first kappa shape index (κ1) is 29.0. The fraction of sp³-hybridized carbons (Fsp3) is 0.171. The molecule has 41 heavy (non-hydrogen) atoms. The molecule has 0 saturated heterocycles. The van der Waals surface area contributed by atoms with E-state index in [2.05, 4.69) is 46.7 Å². The molecule has 0 radical (unpaired) electrons. The van der Waals surface area contributed by atoms with Crippen LogP contribution in [0.1, 0.15) is 48.7 Å². The third-order valence-corrected chi connectivity index (χ3v) is 6.81. The minimum Gasteiger partial charge on any atom is -0.372 e. The number of carbonyl (C=O) groups excluding carboxylic acids is 2. The van der Waals surface area contributed by atoms with Crippen LogP contribution in [0.5, 0.6) is 0 Å². The third kappa shape index (κ3) is 7.79. The number of benzene rings is 4. The van der Waals surface area contributed by atoms with Crippen molar-refractivity contribution in [3.63, 3.8) is 0 Å². The van der Waals surface area contributed by atoms with Crippen molar-refractivity contribution < 1.29 is 9.59 Å². The molecule has 2 amide bonds. The highest BCUT2D eigenvalue weighted by Gasteiger charge is 2.15. The van der Waals surface area contributed by atoms with Crippen LogP contribution in [0.2, 0.25) is 0 Å². The molecular formula is C35H36N4O2. The van der Waals surface area contributed by atoms with Crippen molar-refractivity contribution >= 4 is 29.3 Å². The lowest BCUT2D eigenvalue weighted by atomic mass is 10.0. The molecule has 4 aromatic carbocycles. The summed E-state index contributed by atoms with van der Waals surface area (Å²) in [6.45, 7) is 8.02. The second kappa shape index (κ2) is 14.4. The molecule has 0 bridgehead atoms. The number of anilines is 1. The van der Waals surface area contributed by atoms with Crippen molar-refractivity contribution in [1.82, 2.24) is 10.7 Å². The maximum absolute atomic E-state index is 13.4. The van der Waals surface area contributed by atoms with Crippen molar-refractivity contribution in [1.29, 1.82) is 0 Å².